The summed E-state index contributed by atoms with van der Waals surface area (Å²) in [7, 11) is 0. The van der Waals surface area contributed by atoms with E-state index in [9.17, 15) is 0 Å². The Balaban J connectivity index is 1.89. The van der Waals surface area contributed by atoms with Gasteiger partial charge in [-0.2, -0.15) is 0 Å². The molecule has 2 aliphatic heterocycles. The predicted octanol–water partition coefficient (Wildman–Crippen LogP) is 2.13. The molecule has 3 aliphatic rings. The molecule has 12 heavy (non-hydrogen) atoms. The minimum atomic E-state index is 0.924. The van der Waals surface area contributed by atoms with Gasteiger partial charge in [-0.05, 0) is 50.5 Å². The largest absolute Gasteiger partial charge is 0.297 e. The second-order valence-corrected chi connectivity index (χ2v) is 5.24. The highest BCUT2D eigenvalue weighted by Crippen LogP contribution is 2.52. The van der Waals surface area contributed by atoms with Gasteiger partial charge < -0.3 is 0 Å². The van der Waals surface area contributed by atoms with Gasteiger partial charge in [0.15, 0.2) is 0 Å². The van der Waals surface area contributed by atoms with Crippen molar-refractivity contribution in [1.29, 1.82) is 0 Å². The number of piperidine rings is 1. The van der Waals surface area contributed by atoms with E-state index < -0.39 is 0 Å². The van der Waals surface area contributed by atoms with E-state index in [0.29, 0.717) is 0 Å². The molecule has 3 fully saturated rings. The van der Waals surface area contributed by atoms with Crippen molar-refractivity contribution < 1.29 is 0 Å². The van der Waals surface area contributed by atoms with E-state index in [1.165, 1.54) is 25.8 Å². The van der Waals surface area contributed by atoms with E-state index in [0.717, 1.165) is 29.8 Å². The quantitative estimate of drug-likeness (QED) is 0.531. The van der Waals surface area contributed by atoms with Gasteiger partial charge in [0, 0.05) is 12.1 Å². The second-order valence-electron chi connectivity index (χ2n) is 5.24. The van der Waals surface area contributed by atoms with Crippen LogP contribution in [0.2, 0.25) is 0 Å². The van der Waals surface area contributed by atoms with Gasteiger partial charge in [-0.25, -0.2) is 0 Å². The van der Waals surface area contributed by atoms with Crippen LogP contribution in [-0.2, 0) is 0 Å². The van der Waals surface area contributed by atoms with Crippen LogP contribution in [0.3, 0.4) is 0 Å². The van der Waals surface area contributed by atoms with Crippen LogP contribution in [-0.4, -0.2) is 23.5 Å². The first-order valence-electron chi connectivity index (χ1n) is 5.53. The predicted molar refractivity (Wildman–Crippen MR) is 50.0 cm³/mol. The fourth-order valence-corrected chi connectivity index (χ4v) is 4.18. The average Bonchev–Trinajstić information content (AvgIpc) is 2.60. The molecule has 1 aliphatic carbocycles. The lowest BCUT2D eigenvalue weighted by Gasteiger charge is -2.26. The summed E-state index contributed by atoms with van der Waals surface area (Å²) in [5.41, 5.74) is 0. The summed E-state index contributed by atoms with van der Waals surface area (Å²) in [5.74, 6) is 3.17. The maximum Gasteiger partial charge on any atom is 0.0132 e. The third kappa shape index (κ3) is 0.736. The summed E-state index contributed by atoms with van der Waals surface area (Å²) in [4.78, 5) is 2.79. The van der Waals surface area contributed by atoms with E-state index in [4.69, 9.17) is 0 Å². The Bertz CT molecular complexity index is 181. The molecular weight excluding hydrogens is 146 g/mol. The summed E-state index contributed by atoms with van der Waals surface area (Å²) < 4.78 is 0. The standard InChI is InChI=1S/C11H19N/c1-7-5-10-9-3-4-12(8(9)2)11(10)6-7/h7-11H,3-6H2,1-2H3. The van der Waals surface area contributed by atoms with Crippen LogP contribution in [0.25, 0.3) is 0 Å². The topological polar surface area (TPSA) is 3.24 Å². The van der Waals surface area contributed by atoms with Gasteiger partial charge in [-0.15, -0.1) is 0 Å². The molecule has 1 saturated carbocycles. The smallest absolute Gasteiger partial charge is 0.0132 e. The third-order valence-electron chi connectivity index (χ3n) is 4.65. The molecule has 6 atom stereocenters. The van der Waals surface area contributed by atoms with Crippen LogP contribution in [0, 0.1) is 17.8 Å². The Morgan fingerprint density at radius 3 is 2.67 bits per heavy atom. The van der Waals surface area contributed by atoms with Crippen LogP contribution >= 0.6 is 0 Å². The molecule has 2 heterocycles. The highest BCUT2D eigenvalue weighted by atomic mass is 15.3. The Labute approximate surface area is 75.1 Å². The monoisotopic (exact) mass is 165 g/mol. The van der Waals surface area contributed by atoms with Crippen molar-refractivity contribution in [2.45, 2.75) is 45.2 Å². The van der Waals surface area contributed by atoms with Crippen LogP contribution in [0.5, 0.6) is 0 Å². The molecule has 2 saturated heterocycles. The molecule has 1 heteroatoms. The lowest BCUT2D eigenvalue weighted by molar-refractivity contribution is 0.206. The molecule has 0 radical (unpaired) electrons. The Morgan fingerprint density at radius 1 is 1.08 bits per heavy atom. The fraction of sp³-hybridized carbons (Fsp3) is 1.00. The number of nitrogens with zero attached hydrogens (tertiary/aromatic N) is 1. The van der Waals surface area contributed by atoms with Gasteiger partial charge >= 0.3 is 0 Å². The van der Waals surface area contributed by atoms with E-state index in [1.807, 2.05) is 0 Å². The molecule has 0 amide bonds. The maximum absolute atomic E-state index is 2.79. The van der Waals surface area contributed by atoms with Gasteiger partial charge in [-0.3, -0.25) is 4.90 Å². The van der Waals surface area contributed by atoms with Gasteiger partial charge in [0.05, 0.1) is 0 Å². The van der Waals surface area contributed by atoms with Crippen molar-refractivity contribution in [3.8, 4) is 0 Å². The summed E-state index contributed by atoms with van der Waals surface area (Å²) in [5, 5.41) is 0. The first-order valence-corrected chi connectivity index (χ1v) is 5.53. The first-order chi connectivity index (χ1) is 5.77. The maximum atomic E-state index is 2.79. The molecular formula is C11H19N. The highest BCUT2D eigenvalue weighted by Gasteiger charge is 2.53. The number of hydrogen-bond acceptors (Lipinski definition) is 1. The Morgan fingerprint density at radius 2 is 1.92 bits per heavy atom. The summed E-state index contributed by atoms with van der Waals surface area (Å²) in [6, 6.07) is 1.92. The summed E-state index contributed by atoms with van der Waals surface area (Å²) >= 11 is 0. The number of fused-ring (bicyclic) bond motifs is 5. The zero-order chi connectivity index (χ0) is 8.29. The Hall–Kier alpha value is -0.0400. The van der Waals surface area contributed by atoms with Gasteiger partial charge in [-0.1, -0.05) is 6.92 Å². The second kappa shape index (κ2) is 2.25. The molecule has 0 N–H and O–H groups in total. The zero-order valence-electron chi connectivity index (χ0n) is 8.16. The molecule has 0 aromatic carbocycles. The molecule has 1 nitrogen and oxygen atoms in total. The third-order valence-corrected chi connectivity index (χ3v) is 4.65. The van der Waals surface area contributed by atoms with Crippen molar-refractivity contribution >= 4 is 0 Å². The fourth-order valence-electron chi connectivity index (χ4n) is 4.18. The SMILES string of the molecule is CC1CC2C3CCN(C3C)C2C1. The first kappa shape index (κ1) is 7.37. The van der Waals surface area contributed by atoms with Gasteiger partial charge in [0.2, 0.25) is 0 Å². The van der Waals surface area contributed by atoms with Crippen molar-refractivity contribution in [2.24, 2.45) is 17.8 Å². The van der Waals surface area contributed by atoms with E-state index >= 15 is 0 Å². The molecule has 0 aromatic rings. The van der Waals surface area contributed by atoms with Crippen molar-refractivity contribution in [1.82, 2.24) is 4.90 Å². The van der Waals surface area contributed by atoms with Crippen molar-refractivity contribution in [2.75, 3.05) is 6.54 Å². The lowest BCUT2D eigenvalue weighted by atomic mass is 9.86. The van der Waals surface area contributed by atoms with E-state index in [2.05, 4.69) is 18.7 Å². The van der Waals surface area contributed by atoms with Gasteiger partial charge in [0.1, 0.15) is 0 Å². The lowest BCUT2D eigenvalue weighted by Crippen LogP contribution is -2.33. The van der Waals surface area contributed by atoms with Crippen molar-refractivity contribution in [3.63, 3.8) is 0 Å². The number of hydrogen-bond donors (Lipinski definition) is 0. The zero-order valence-corrected chi connectivity index (χ0v) is 8.16. The summed E-state index contributed by atoms with van der Waals surface area (Å²) in [6.45, 7) is 6.28. The van der Waals surface area contributed by atoms with E-state index in [1.54, 1.807) is 0 Å². The molecule has 0 spiro atoms. The van der Waals surface area contributed by atoms with E-state index in [-0.39, 0.29) is 0 Å². The molecule has 0 aromatic heterocycles. The average molecular weight is 165 g/mol. The van der Waals surface area contributed by atoms with Crippen LogP contribution in [0.15, 0.2) is 0 Å². The minimum absolute atomic E-state index is 0.924. The molecule has 2 bridgehead atoms. The minimum Gasteiger partial charge on any atom is -0.297 e. The molecule has 6 unspecified atom stereocenters. The summed E-state index contributed by atoms with van der Waals surface area (Å²) in [6.07, 6.45) is 4.51. The normalized spacial score (nSPS) is 62.5. The van der Waals surface area contributed by atoms with Crippen molar-refractivity contribution in [3.05, 3.63) is 0 Å². The highest BCUT2D eigenvalue weighted by molar-refractivity contribution is 5.06. The number of rotatable bonds is 0. The van der Waals surface area contributed by atoms with Crippen LogP contribution in [0.1, 0.15) is 33.1 Å². The van der Waals surface area contributed by atoms with Gasteiger partial charge in [0.25, 0.3) is 0 Å². The molecule has 3 rings (SSSR count). The van der Waals surface area contributed by atoms with Crippen LogP contribution < -0.4 is 0 Å². The van der Waals surface area contributed by atoms with Crippen LogP contribution in [0.4, 0.5) is 0 Å². The Kier molecular flexibility index (Phi) is 1.39. The molecule has 68 valence electrons.